The zero-order valence-electron chi connectivity index (χ0n) is 14.9. The van der Waals surface area contributed by atoms with Gasteiger partial charge in [-0.3, -0.25) is 9.59 Å². The Morgan fingerprint density at radius 3 is 2.93 bits per heavy atom. The van der Waals surface area contributed by atoms with Crippen LogP contribution in [0.3, 0.4) is 0 Å². The summed E-state index contributed by atoms with van der Waals surface area (Å²) in [7, 11) is 0. The molecular formula is C18H21N7O2. The number of likely N-dealkylation sites (tertiary alicyclic amines) is 1. The van der Waals surface area contributed by atoms with Crippen molar-refractivity contribution < 1.29 is 9.59 Å². The number of amides is 2. The number of anilines is 1. The molecule has 9 heteroatoms. The highest BCUT2D eigenvalue weighted by Crippen LogP contribution is 2.19. The first-order chi connectivity index (χ1) is 13.1. The van der Waals surface area contributed by atoms with Gasteiger partial charge in [0, 0.05) is 31.9 Å². The maximum absolute atomic E-state index is 12.3. The van der Waals surface area contributed by atoms with Crippen molar-refractivity contribution in [3.8, 4) is 6.07 Å². The molecule has 2 aromatic heterocycles. The standard InChI is InChI=1S/C18H21N7O2/c1-2-15(26)25-8-4-12(5-9-25)23-14-11-22-17-16(24-14)13(10-21-17)18(27)20-7-3-6-19/h2,10-12H,1,3-5,7-9H2,(H,20,27)(H,21,22)(H,23,24). The lowest BCUT2D eigenvalue weighted by Crippen LogP contribution is -2.41. The van der Waals surface area contributed by atoms with Gasteiger partial charge in [-0.25, -0.2) is 9.97 Å². The normalized spacial score (nSPS) is 14.6. The van der Waals surface area contributed by atoms with Gasteiger partial charge in [0.2, 0.25) is 5.91 Å². The number of piperidine rings is 1. The van der Waals surface area contributed by atoms with E-state index < -0.39 is 0 Å². The molecule has 0 saturated carbocycles. The highest BCUT2D eigenvalue weighted by atomic mass is 16.2. The number of hydrogen-bond donors (Lipinski definition) is 3. The smallest absolute Gasteiger partial charge is 0.255 e. The van der Waals surface area contributed by atoms with Crippen molar-refractivity contribution in [3.05, 3.63) is 30.6 Å². The lowest BCUT2D eigenvalue weighted by atomic mass is 10.1. The second-order valence-corrected chi connectivity index (χ2v) is 6.27. The van der Waals surface area contributed by atoms with Crippen molar-refractivity contribution in [1.29, 1.82) is 5.26 Å². The summed E-state index contributed by atoms with van der Waals surface area (Å²) in [6, 6.07) is 2.16. The number of nitrogens with zero attached hydrogens (tertiary/aromatic N) is 4. The summed E-state index contributed by atoms with van der Waals surface area (Å²) in [5.74, 6) is 0.245. The fraction of sp³-hybridized carbons (Fsp3) is 0.389. The van der Waals surface area contributed by atoms with Gasteiger partial charge in [0.1, 0.15) is 11.3 Å². The SMILES string of the molecule is C=CC(=O)N1CCC(Nc2cnc3[nH]cc(C(=O)NCCC#N)c3n2)CC1. The molecule has 3 rings (SSSR count). The molecule has 140 valence electrons. The van der Waals surface area contributed by atoms with E-state index in [4.69, 9.17) is 5.26 Å². The van der Waals surface area contributed by atoms with Gasteiger partial charge in [-0.15, -0.1) is 0 Å². The number of hydrogen-bond acceptors (Lipinski definition) is 6. The van der Waals surface area contributed by atoms with Crippen molar-refractivity contribution in [1.82, 2.24) is 25.2 Å². The molecule has 0 aromatic carbocycles. The lowest BCUT2D eigenvalue weighted by molar-refractivity contribution is -0.126. The third-order valence-corrected chi connectivity index (χ3v) is 4.48. The van der Waals surface area contributed by atoms with E-state index in [1.54, 1.807) is 17.3 Å². The average molecular weight is 367 g/mol. The van der Waals surface area contributed by atoms with Crippen LogP contribution >= 0.6 is 0 Å². The van der Waals surface area contributed by atoms with Crippen molar-refractivity contribution in [3.63, 3.8) is 0 Å². The Bertz CT molecular complexity index is 891. The molecule has 3 heterocycles. The number of aromatic nitrogens is 3. The molecule has 3 N–H and O–H groups in total. The Morgan fingerprint density at radius 1 is 1.44 bits per heavy atom. The number of rotatable bonds is 6. The minimum Gasteiger partial charge on any atom is -0.366 e. The molecule has 0 radical (unpaired) electrons. The van der Waals surface area contributed by atoms with Gasteiger partial charge in [0.05, 0.1) is 24.3 Å². The molecule has 1 aliphatic heterocycles. The summed E-state index contributed by atoms with van der Waals surface area (Å²) in [6.45, 7) is 5.13. The predicted octanol–water partition coefficient (Wildman–Crippen LogP) is 1.19. The minimum absolute atomic E-state index is 0.0472. The number of nitrogens with one attached hydrogen (secondary N) is 3. The fourth-order valence-electron chi connectivity index (χ4n) is 3.04. The van der Waals surface area contributed by atoms with Crippen LogP contribution in [-0.2, 0) is 4.79 Å². The molecule has 0 unspecified atom stereocenters. The first-order valence-corrected chi connectivity index (χ1v) is 8.79. The second kappa shape index (κ2) is 8.31. The van der Waals surface area contributed by atoms with E-state index in [0.29, 0.717) is 35.6 Å². The molecule has 9 nitrogen and oxygen atoms in total. The van der Waals surface area contributed by atoms with Crippen LogP contribution in [0, 0.1) is 11.3 Å². The summed E-state index contributed by atoms with van der Waals surface area (Å²) in [6.07, 6.45) is 6.37. The second-order valence-electron chi connectivity index (χ2n) is 6.27. The third kappa shape index (κ3) is 4.23. The van der Waals surface area contributed by atoms with E-state index in [1.165, 1.54) is 6.08 Å². The van der Waals surface area contributed by atoms with Gasteiger partial charge in [-0.1, -0.05) is 6.58 Å². The highest BCUT2D eigenvalue weighted by Gasteiger charge is 2.22. The summed E-state index contributed by atoms with van der Waals surface area (Å²) in [5.41, 5.74) is 1.40. The molecule has 0 spiro atoms. The quantitative estimate of drug-likeness (QED) is 0.520. The van der Waals surface area contributed by atoms with E-state index in [2.05, 4.69) is 32.2 Å². The van der Waals surface area contributed by atoms with Gasteiger partial charge in [-0.05, 0) is 18.9 Å². The van der Waals surface area contributed by atoms with Crippen LogP contribution in [0.15, 0.2) is 25.0 Å². The van der Waals surface area contributed by atoms with E-state index >= 15 is 0 Å². The van der Waals surface area contributed by atoms with Gasteiger partial charge < -0.3 is 20.5 Å². The van der Waals surface area contributed by atoms with Crippen LogP contribution in [0.1, 0.15) is 29.6 Å². The average Bonchev–Trinajstić information content (AvgIpc) is 3.11. The number of H-pyrrole nitrogens is 1. The van der Waals surface area contributed by atoms with Crippen LogP contribution in [0.25, 0.3) is 11.2 Å². The van der Waals surface area contributed by atoms with Gasteiger partial charge >= 0.3 is 0 Å². The molecule has 1 fully saturated rings. The maximum Gasteiger partial charge on any atom is 0.255 e. The molecule has 2 aromatic rings. The van der Waals surface area contributed by atoms with Crippen LogP contribution < -0.4 is 10.6 Å². The van der Waals surface area contributed by atoms with Crippen molar-refractivity contribution in [2.75, 3.05) is 25.0 Å². The van der Waals surface area contributed by atoms with E-state index in [1.807, 2.05) is 6.07 Å². The molecule has 2 amide bonds. The molecule has 1 aliphatic rings. The Kier molecular flexibility index (Phi) is 5.66. The summed E-state index contributed by atoms with van der Waals surface area (Å²) >= 11 is 0. The minimum atomic E-state index is -0.292. The predicted molar refractivity (Wildman–Crippen MR) is 99.9 cm³/mol. The van der Waals surface area contributed by atoms with Crippen LogP contribution in [0.5, 0.6) is 0 Å². The topological polar surface area (TPSA) is 127 Å². The summed E-state index contributed by atoms with van der Waals surface area (Å²) in [5, 5.41) is 14.6. The van der Waals surface area contributed by atoms with Crippen LogP contribution in [0.2, 0.25) is 0 Å². The van der Waals surface area contributed by atoms with Crippen LogP contribution in [0.4, 0.5) is 5.82 Å². The van der Waals surface area contributed by atoms with Crippen molar-refractivity contribution in [2.45, 2.75) is 25.3 Å². The van der Waals surface area contributed by atoms with Gasteiger partial charge in [0.15, 0.2) is 5.65 Å². The molecule has 0 bridgehead atoms. The zero-order chi connectivity index (χ0) is 19.2. The highest BCUT2D eigenvalue weighted by molar-refractivity contribution is 6.04. The maximum atomic E-state index is 12.3. The monoisotopic (exact) mass is 367 g/mol. The largest absolute Gasteiger partial charge is 0.366 e. The fourth-order valence-corrected chi connectivity index (χ4v) is 3.04. The lowest BCUT2D eigenvalue weighted by Gasteiger charge is -2.31. The van der Waals surface area contributed by atoms with Crippen LogP contribution in [-0.4, -0.2) is 57.3 Å². The number of carbonyl (C=O) groups excluding carboxylic acids is 2. The van der Waals surface area contributed by atoms with E-state index in [9.17, 15) is 9.59 Å². The van der Waals surface area contributed by atoms with E-state index in [0.717, 1.165) is 12.8 Å². The summed E-state index contributed by atoms with van der Waals surface area (Å²) < 4.78 is 0. The Hall–Kier alpha value is -3.41. The molecule has 0 atom stereocenters. The zero-order valence-corrected chi connectivity index (χ0v) is 14.9. The number of nitriles is 1. The summed E-state index contributed by atoms with van der Waals surface area (Å²) in [4.78, 5) is 37.4. The third-order valence-electron chi connectivity index (χ3n) is 4.48. The molecule has 0 aliphatic carbocycles. The Labute approximate surface area is 156 Å². The molecular weight excluding hydrogens is 346 g/mol. The Morgan fingerprint density at radius 2 is 2.22 bits per heavy atom. The van der Waals surface area contributed by atoms with Crippen molar-refractivity contribution >= 4 is 28.8 Å². The first-order valence-electron chi connectivity index (χ1n) is 8.79. The van der Waals surface area contributed by atoms with Gasteiger partial charge in [-0.2, -0.15) is 5.26 Å². The first kappa shape index (κ1) is 18.4. The van der Waals surface area contributed by atoms with Crippen molar-refractivity contribution in [2.24, 2.45) is 0 Å². The van der Waals surface area contributed by atoms with E-state index in [-0.39, 0.29) is 30.8 Å². The number of fused-ring (bicyclic) bond motifs is 1. The van der Waals surface area contributed by atoms with Gasteiger partial charge in [0.25, 0.3) is 5.91 Å². The molecule has 1 saturated heterocycles. The molecule has 27 heavy (non-hydrogen) atoms. The Balaban J connectivity index is 1.67. The number of aromatic amines is 1. The number of carbonyl (C=O) groups is 2.